The fraction of sp³-hybridized carbons (Fsp3) is 0.167. The number of aromatic nitrogens is 5. The van der Waals surface area contributed by atoms with Crippen molar-refractivity contribution in [3.05, 3.63) is 95.7 Å². The molecule has 0 fully saturated rings. The number of pyridine rings is 2. The molecule has 4 rings (SSSR count). The second-order valence-corrected chi connectivity index (χ2v) is 7.61. The number of alkyl halides is 2. The van der Waals surface area contributed by atoms with E-state index in [0.29, 0.717) is 5.69 Å². The Hall–Kier alpha value is -4.79. The number of nitriles is 1. The van der Waals surface area contributed by atoms with Crippen molar-refractivity contribution < 1.29 is 18.0 Å². The number of halogens is 3. The summed E-state index contributed by atoms with van der Waals surface area (Å²) in [5.74, 6) is -4.28. The van der Waals surface area contributed by atoms with Gasteiger partial charge in [-0.05, 0) is 36.4 Å². The summed E-state index contributed by atoms with van der Waals surface area (Å²) in [5.41, 5.74) is 0.400. The smallest absolute Gasteiger partial charge is 0.306 e. The molecule has 12 heteroatoms. The number of nitrogens with zero attached hydrogens (tertiary/aromatic N) is 6. The molecule has 36 heavy (non-hydrogen) atoms. The molecule has 1 aromatic carbocycles. The Kier molecular flexibility index (Phi) is 7.20. The van der Waals surface area contributed by atoms with Crippen LogP contribution in [0.5, 0.6) is 0 Å². The summed E-state index contributed by atoms with van der Waals surface area (Å²) < 4.78 is 44.7. The minimum atomic E-state index is -3.27. The Morgan fingerprint density at radius 3 is 2.72 bits per heavy atom. The first-order chi connectivity index (χ1) is 17.4. The topological polar surface area (TPSA) is 121 Å². The number of nitrogens with one attached hydrogen (secondary N) is 2. The molecular weight excluding hydrogens is 473 g/mol. The van der Waals surface area contributed by atoms with Crippen LogP contribution in [0, 0.1) is 17.1 Å². The lowest BCUT2D eigenvalue weighted by atomic mass is 10.1. The molecule has 0 unspecified atom stereocenters. The summed E-state index contributed by atoms with van der Waals surface area (Å²) in [7, 11) is 0. The van der Waals surface area contributed by atoms with E-state index in [0.717, 1.165) is 0 Å². The molecule has 3 heterocycles. The molecule has 0 saturated carbocycles. The molecule has 4 aromatic rings. The Morgan fingerprint density at radius 2 is 2.00 bits per heavy atom. The van der Waals surface area contributed by atoms with Crippen LogP contribution in [-0.4, -0.2) is 37.2 Å². The zero-order valence-corrected chi connectivity index (χ0v) is 18.7. The SMILES string of the molecule is N#Cc1ccc(NCC(F)(F)c2ccccn2)nc1CC(=O)NCc1c(F)cccc1-n1cncn1. The molecule has 0 aliphatic heterocycles. The second-order valence-electron chi connectivity index (χ2n) is 7.61. The van der Waals surface area contributed by atoms with E-state index in [1.165, 1.54) is 66.0 Å². The average molecular weight is 492 g/mol. The number of carbonyl (C=O) groups is 1. The lowest BCUT2D eigenvalue weighted by Gasteiger charge is -2.17. The molecular formula is C24H19F3N8O. The third-order valence-corrected chi connectivity index (χ3v) is 5.18. The third-order valence-electron chi connectivity index (χ3n) is 5.18. The Balaban J connectivity index is 1.44. The first-order valence-electron chi connectivity index (χ1n) is 10.7. The van der Waals surface area contributed by atoms with E-state index in [1.54, 1.807) is 6.07 Å². The molecule has 0 atom stereocenters. The largest absolute Gasteiger partial charge is 0.364 e. The van der Waals surface area contributed by atoms with Crippen molar-refractivity contribution in [2.45, 2.75) is 18.9 Å². The minimum Gasteiger partial charge on any atom is -0.364 e. The Bertz CT molecular complexity index is 1390. The first-order valence-corrected chi connectivity index (χ1v) is 10.7. The summed E-state index contributed by atoms with van der Waals surface area (Å²) in [4.78, 5) is 24.3. The summed E-state index contributed by atoms with van der Waals surface area (Å²) in [6.07, 6.45) is 3.66. The molecule has 0 bridgehead atoms. The van der Waals surface area contributed by atoms with Crippen molar-refractivity contribution in [3.63, 3.8) is 0 Å². The first kappa shape index (κ1) is 24.3. The van der Waals surface area contributed by atoms with E-state index in [4.69, 9.17) is 0 Å². The van der Waals surface area contributed by atoms with Crippen LogP contribution in [0.4, 0.5) is 19.0 Å². The number of anilines is 1. The van der Waals surface area contributed by atoms with Gasteiger partial charge in [0.15, 0.2) is 0 Å². The van der Waals surface area contributed by atoms with Crippen molar-refractivity contribution in [2.24, 2.45) is 0 Å². The van der Waals surface area contributed by atoms with Crippen LogP contribution in [0.1, 0.15) is 22.5 Å². The number of amides is 1. The zero-order chi connectivity index (χ0) is 25.5. The van der Waals surface area contributed by atoms with E-state index < -0.39 is 29.9 Å². The fourth-order valence-electron chi connectivity index (χ4n) is 3.38. The van der Waals surface area contributed by atoms with Gasteiger partial charge in [0.25, 0.3) is 0 Å². The van der Waals surface area contributed by atoms with Crippen LogP contribution in [0.15, 0.2) is 67.4 Å². The number of carbonyl (C=O) groups excluding carboxylic acids is 1. The minimum absolute atomic E-state index is 0.0648. The predicted molar refractivity (Wildman–Crippen MR) is 122 cm³/mol. The molecule has 9 nitrogen and oxygen atoms in total. The van der Waals surface area contributed by atoms with E-state index in [-0.39, 0.29) is 35.6 Å². The number of rotatable bonds is 9. The number of hydrogen-bond donors (Lipinski definition) is 2. The van der Waals surface area contributed by atoms with Crippen molar-refractivity contribution in [1.29, 1.82) is 5.26 Å². The predicted octanol–water partition coefficient (Wildman–Crippen LogP) is 3.13. The fourth-order valence-corrected chi connectivity index (χ4v) is 3.38. The van der Waals surface area contributed by atoms with Crippen LogP contribution in [0.2, 0.25) is 0 Å². The molecule has 182 valence electrons. The van der Waals surface area contributed by atoms with E-state index in [2.05, 4.69) is 30.7 Å². The van der Waals surface area contributed by atoms with Gasteiger partial charge in [-0.15, -0.1) is 0 Å². The summed E-state index contributed by atoms with van der Waals surface area (Å²) in [6.45, 7) is -0.941. The zero-order valence-electron chi connectivity index (χ0n) is 18.7. The van der Waals surface area contributed by atoms with Crippen LogP contribution in [0.25, 0.3) is 5.69 Å². The molecule has 0 radical (unpaired) electrons. The quantitative estimate of drug-likeness (QED) is 0.368. The highest BCUT2D eigenvalue weighted by atomic mass is 19.3. The van der Waals surface area contributed by atoms with Gasteiger partial charge in [0, 0.05) is 18.3 Å². The van der Waals surface area contributed by atoms with E-state index in [1.807, 2.05) is 6.07 Å². The van der Waals surface area contributed by atoms with Gasteiger partial charge in [-0.2, -0.15) is 19.1 Å². The van der Waals surface area contributed by atoms with Crippen molar-refractivity contribution in [2.75, 3.05) is 11.9 Å². The van der Waals surface area contributed by atoms with Gasteiger partial charge in [0.1, 0.15) is 36.1 Å². The van der Waals surface area contributed by atoms with E-state index >= 15 is 0 Å². The summed E-state index contributed by atoms with van der Waals surface area (Å²) >= 11 is 0. The van der Waals surface area contributed by atoms with Crippen LogP contribution in [-0.2, 0) is 23.7 Å². The second kappa shape index (κ2) is 10.6. The Morgan fingerprint density at radius 1 is 1.14 bits per heavy atom. The lowest BCUT2D eigenvalue weighted by Crippen LogP contribution is -2.27. The standard InChI is InChI=1S/C24H19F3N8O/c25-18-4-3-5-20(35-15-29-14-33-35)17(18)12-31-23(36)10-19-16(11-28)7-8-22(34-19)32-13-24(26,27)21-6-1-2-9-30-21/h1-9,14-15H,10,12-13H2,(H,31,36)(H,32,34). The normalized spacial score (nSPS) is 11.1. The van der Waals surface area contributed by atoms with Crippen molar-refractivity contribution in [3.8, 4) is 11.8 Å². The summed E-state index contributed by atoms with van der Waals surface area (Å²) in [5, 5.41) is 18.5. The van der Waals surface area contributed by atoms with Gasteiger partial charge in [-0.25, -0.2) is 19.0 Å². The van der Waals surface area contributed by atoms with E-state index in [9.17, 15) is 23.2 Å². The highest BCUT2D eigenvalue weighted by Gasteiger charge is 2.33. The highest BCUT2D eigenvalue weighted by molar-refractivity contribution is 5.79. The maximum Gasteiger partial charge on any atom is 0.306 e. The highest BCUT2D eigenvalue weighted by Crippen LogP contribution is 2.26. The molecule has 1 amide bonds. The van der Waals surface area contributed by atoms with Crippen LogP contribution < -0.4 is 10.6 Å². The van der Waals surface area contributed by atoms with Crippen LogP contribution >= 0.6 is 0 Å². The van der Waals surface area contributed by atoms with Gasteiger partial charge >= 0.3 is 5.92 Å². The molecule has 0 aliphatic rings. The van der Waals surface area contributed by atoms with Crippen LogP contribution in [0.3, 0.4) is 0 Å². The maximum absolute atomic E-state index is 14.5. The van der Waals surface area contributed by atoms with Gasteiger partial charge in [-0.3, -0.25) is 9.78 Å². The van der Waals surface area contributed by atoms with Gasteiger partial charge in [-0.1, -0.05) is 12.1 Å². The average Bonchev–Trinajstić information content (AvgIpc) is 3.42. The molecule has 0 spiro atoms. The lowest BCUT2D eigenvalue weighted by molar-refractivity contribution is -0.120. The Labute approximate surface area is 203 Å². The van der Waals surface area contributed by atoms with Crippen molar-refractivity contribution in [1.82, 2.24) is 30.0 Å². The van der Waals surface area contributed by atoms with Gasteiger partial charge in [0.05, 0.1) is 29.9 Å². The third kappa shape index (κ3) is 5.64. The number of benzene rings is 1. The number of hydrogen-bond acceptors (Lipinski definition) is 7. The monoisotopic (exact) mass is 492 g/mol. The molecule has 2 N–H and O–H groups in total. The van der Waals surface area contributed by atoms with Gasteiger partial charge < -0.3 is 10.6 Å². The van der Waals surface area contributed by atoms with Crippen molar-refractivity contribution >= 4 is 11.7 Å². The van der Waals surface area contributed by atoms with Gasteiger partial charge in [0.2, 0.25) is 5.91 Å². The molecule has 0 aliphatic carbocycles. The molecule has 3 aromatic heterocycles. The summed E-state index contributed by atoms with van der Waals surface area (Å²) in [6, 6.07) is 13.3. The maximum atomic E-state index is 14.5. The molecule has 0 saturated heterocycles.